The normalized spacial score (nSPS) is 15.5. The largest absolute Gasteiger partial charge is 0.507 e. The van der Waals surface area contributed by atoms with Gasteiger partial charge < -0.3 is 5.11 Å². The Morgan fingerprint density at radius 2 is 1.97 bits per heavy atom. The first kappa shape index (κ1) is 20.8. The second kappa shape index (κ2) is 9.49. The third kappa shape index (κ3) is 5.75. The van der Waals surface area contributed by atoms with Crippen molar-refractivity contribution in [1.82, 2.24) is 10.3 Å². The van der Waals surface area contributed by atoms with Gasteiger partial charge in [-0.3, -0.25) is 19.8 Å². The maximum atomic E-state index is 12.3. The van der Waals surface area contributed by atoms with Gasteiger partial charge in [-0.05, 0) is 49.7 Å². The molecule has 0 radical (unpaired) electrons. The lowest BCUT2D eigenvalue weighted by Gasteiger charge is -2.30. The van der Waals surface area contributed by atoms with E-state index in [2.05, 4.69) is 15.4 Å². The van der Waals surface area contributed by atoms with Crippen molar-refractivity contribution < 1.29 is 14.8 Å². The molecule has 0 unspecified atom stereocenters. The SMILES string of the molecule is O=C(NN=Cc1cc(Cl)ccc1O)C1CCN(Cc2ccc([N+](=O)[O-])cc2)CC1. The number of nitrogens with zero attached hydrogens (tertiary/aromatic N) is 3. The molecule has 1 aliphatic rings. The molecule has 1 saturated heterocycles. The highest BCUT2D eigenvalue weighted by molar-refractivity contribution is 6.30. The average molecular weight is 417 g/mol. The minimum atomic E-state index is -0.413. The fraction of sp³-hybridized carbons (Fsp3) is 0.300. The number of rotatable bonds is 6. The van der Waals surface area contributed by atoms with Crippen LogP contribution in [0.1, 0.15) is 24.0 Å². The maximum Gasteiger partial charge on any atom is 0.269 e. The number of carbonyl (C=O) groups is 1. The number of phenolic OH excluding ortho intramolecular Hbond substituents is 1. The Bertz CT molecular complexity index is 909. The van der Waals surface area contributed by atoms with Crippen LogP contribution in [0.2, 0.25) is 5.02 Å². The topological polar surface area (TPSA) is 108 Å². The molecule has 2 N–H and O–H groups in total. The molecule has 0 atom stereocenters. The molecule has 3 rings (SSSR count). The number of nitrogens with one attached hydrogen (secondary N) is 1. The van der Waals surface area contributed by atoms with Crippen LogP contribution < -0.4 is 5.43 Å². The quantitative estimate of drug-likeness (QED) is 0.426. The molecule has 0 aromatic heterocycles. The van der Waals surface area contributed by atoms with Crippen LogP contribution >= 0.6 is 11.6 Å². The summed E-state index contributed by atoms with van der Waals surface area (Å²) in [5.41, 5.74) is 4.03. The van der Waals surface area contributed by atoms with Crippen molar-refractivity contribution in [2.24, 2.45) is 11.0 Å². The highest BCUT2D eigenvalue weighted by Gasteiger charge is 2.24. The van der Waals surface area contributed by atoms with E-state index in [0.717, 1.165) is 18.7 Å². The van der Waals surface area contributed by atoms with Gasteiger partial charge in [0.2, 0.25) is 5.91 Å². The zero-order valence-electron chi connectivity index (χ0n) is 15.6. The Hall–Kier alpha value is -2.97. The van der Waals surface area contributed by atoms with Crippen LogP contribution in [0, 0.1) is 16.0 Å². The first-order chi connectivity index (χ1) is 13.9. The molecule has 29 heavy (non-hydrogen) atoms. The van der Waals surface area contributed by atoms with Crippen molar-refractivity contribution in [3.63, 3.8) is 0 Å². The second-order valence-corrected chi connectivity index (χ2v) is 7.35. The monoisotopic (exact) mass is 416 g/mol. The first-order valence-corrected chi connectivity index (χ1v) is 9.57. The maximum absolute atomic E-state index is 12.3. The summed E-state index contributed by atoms with van der Waals surface area (Å²) < 4.78 is 0. The number of piperidine rings is 1. The molecule has 9 heteroatoms. The number of phenols is 1. The highest BCUT2D eigenvalue weighted by Crippen LogP contribution is 2.21. The summed E-state index contributed by atoms with van der Waals surface area (Å²) in [6.07, 6.45) is 2.77. The lowest BCUT2D eigenvalue weighted by Crippen LogP contribution is -2.39. The van der Waals surface area contributed by atoms with Crippen LogP contribution in [0.25, 0.3) is 0 Å². The molecule has 0 spiro atoms. The number of hydrogen-bond acceptors (Lipinski definition) is 6. The van der Waals surface area contributed by atoms with Crippen molar-refractivity contribution in [3.05, 3.63) is 68.7 Å². The Kier molecular flexibility index (Phi) is 6.79. The third-order valence-corrected chi connectivity index (χ3v) is 5.11. The number of carbonyl (C=O) groups excluding carboxylic acids is 1. The number of halogens is 1. The van der Waals surface area contributed by atoms with Gasteiger partial charge in [0, 0.05) is 35.2 Å². The van der Waals surface area contributed by atoms with E-state index >= 15 is 0 Å². The molecule has 1 heterocycles. The molecule has 1 aliphatic heterocycles. The highest BCUT2D eigenvalue weighted by atomic mass is 35.5. The van der Waals surface area contributed by atoms with E-state index in [1.165, 1.54) is 24.4 Å². The van der Waals surface area contributed by atoms with Crippen LogP contribution in [0.15, 0.2) is 47.6 Å². The smallest absolute Gasteiger partial charge is 0.269 e. The Balaban J connectivity index is 1.46. The number of nitro benzene ring substituents is 1. The number of benzene rings is 2. The Labute approximate surface area is 172 Å². The predicted molar refractivity (Wildman–Crippen MR) is 110 cm³/mol. The number of hydrazone groups is 1. The number of amides is 1. The van der Waals surface area contributed by atoms with Crippen LogP contribution in [0.3, 0.4) is 0 Å². The van der Waals surface area contributed by atoms with Crippen molar-refractivity contribution in [1.29, 1.82) is 0 Å². The van der Waals surface area contributed by atoms with E-state index in [4.69, 9.17) is 11.6 Å². The third-order valence-electron chi connectivity index (χ3n) is 4.88. The van der Waals surface area contributed by atoms with Gasteiger partial charge in [-0.15, -0.1) is 0 Å². The van der Waals surface area contributed by atoms with E-state index in [-0.39, 0.29) is 23.3 Å². The zero-order valence-corrected chi connectivity index (χ0v) is 16.4. The molecule has 2 aromatic carbocycles. The van der Waals surface area contributed by atoms with Gasteiger partial charge in [0.05, 0.1) is 11.1 Å². The number of non-ortho nitro benzene ring substituents is 1. The van der Waals surface area contributed by atoms with E-state index < -0.39 is 4.92 Å². The minimum Gasteiger partial charge on any atom is -0.507 e. The zero-order chi connectivity index (χ0) is 20.8. The van der Waals surface area contributed by atoms with Crippen molar-refractivity contribution in [2.45, 2.75) is 19.4 Å². The van der Waals surface area contributed by atoms with Gasteiger partial charge in [0.15, 0.2) is 0 Å². The average Bonchev–Trinajstić information content (AvgIpc) is 2.71. The molecule has 0 aliphatic carbocycles. The lowest BCUT2D eigenvalue weighted by atomic mass is 9.96. The molecule has 152 valence electrons. The standard InChI is InChI=1S/C20H21ClN4O4/c21-17-3-6-19(26)16(11-17)12-22-23-20(27)15-7-9-24(10-8-15)13-14-1-4-18(5-2-14)25(28)29/h1-6,11-12,15,26H,7-10,13H2,(H,23,27). The number of likely N-dealkylation sites (tertiary alicyclic amines) is 1. The van der Waals surface area contributed by atoms with Crippen molar-refractivity contribution >= 4 is 29.4 Å². The van der Waals surface area contributed by atoms with Gasteiger partial charge in [0.25, 0.3) is 5.69 Å². The minimum absolute atomic E-state index is 0.0342. The number of hydrogen-bond donors (Lipinski definition) is 2. The first-order valence-electron chi connectivity index (χ1n) is 9.19. The van der Waals surface area contributed by atoms with E-state index in [1.54, 1.807) is 24.3 Å². The molecule has 1 amide bonds. The van der Waals surface area contributed by atoms with Crippen LogP contribution in [0.5, 0.6) is 5.75 Å². The van der Waals surface area contributed by atoms with E-state index in [9.17, 15) is 20.0 Å². The fourth-order valence-corrected chi connectivity index (χ4v) is 3.40. The van der Waals surface area contributed by atoms with Crippen molar-refractivity contribution in [2.75, 3.05) is 13.1 Å². The number of aromatic hydroxyl groups is 1. The molecule has 8 nitrogen and oxygen atoms in total. The van der Waals surface area contributed by atoms with Gasteiger partial charge in [-0.2, -0.15) is 5.10 Å². The summed E-state index contributed by atoms with van der Waals surface area (Å²) in [4.78, 5) is 24.8. The summed E-state index contributed by atoms with van der Waals surface area (Å²) in [5, 5.41) is 24.8. The molecule has 2 aromatic rings. The molecule has 0 saturated carbocycles. The van der Waals surface area contributed by atoms with Gasteiger partial charge in [-0.25, -0.2) is 5.43 Å². The van der Waals surface area contributed by atoms with Gasteiger partial charge in [0.1, 0.15) is 5.75 Å². The molecule has 0 bridgehead atoms. The van der Waals surface area contributed by atoms with E-state index in [0.29, 0.717) is 30.0 Å². The fourth-order valence-electron chi connectivity index (χ4n) is 3.22. The summed E-state index contributed by atoms with van der Waals surface area (Å²) in [5.74, 6) is -0.252. The summed E-state index contributed by atoms with van der Waals surface area (Å²) in [6.45, 7) is 2.21. The lowest BCUT2D eigenvalue weighted by molar-refractivity contribution is -0.384. The van der Waals surface area contributed by atoms with Crippen LogP contribution in [-0.2, 0) is 11.3 Å². The van der Waals surface area contributed by atoms with Crippen LogP contribution in [-0.4, -0.2) is 40.1 Å². The molecular weight excluding hydrogens is 396 g/mol. The van der Waals surface area contributed by atoms with E-state index in [1.807, 2.05) is 0 Å². The summed E-state index contributed by atoms with van der Waals surface area (Å²) in [6, 6.07) is 11.1. The van der Waals surface area contributed by atoms with Crippen LogP contribution in [0.4, 0.5) is 5.69 Å². The van der Waals surface area contributed by atoms with Crippen molar-refractivity contribution in [3.8, 4) is 5.75 Å². The Morgan fingerprint density at radius 1 is 1.28 bits per heavy atom. The summed E-state index contributed by atoms with van der Waals surface area (Å²) >= 11 is 5.88. The number of nitro groups is 1. The summed E-state index contributed by atoms with van der Waals surface area (Å²) in [7, 11) is 0. The Morgan fingerprint density at radius 3 is 2.62 bits per heavy atom. The van der Waals surface area contributed by atoms with Gasteiger partial charge in [-0.1, -0.05) is 23.7 Å². The van der Waals surface area contributed by atoms with Gasteiger partial charge >= 0.3 is 0 Å². The molecule has 1 fully saturated rings. The second-order valence-electron chi connectivity index (χ2n) is 6.91. The predicted octanol–water partition coefficient (Wildman–Crippen LogP) is 3.32. The molecular formula is C20H21ClN4O4.